The highest BCUT2D eigenvalue weighted by Crippen LogP contribution is 2.06. The van der Waals surface area contributed by atoms with Crippen LogP contribution in [0.3, 0.4) is 0 Å². The number of nitrogens with one attached hydrogen (secondary N) is 1. The minimum Gasteiger partial charge on any atom is -0.339 e. The van der Waals surface area contributed by atoms with E-state index in [1.54, 1.807) is 17.1 Å². The Bertz CT molecular complexity index is 159. The highest BCUT2D eigenvalue weighted by atomic mass is 32.2. The molecule has 1 aromatic heterocycles. The van der Waals surface area contributed by atoms with E-state index in [0.717, 1.165) is 5.16 Å². The van der Waals surface area contributed by atoms with Crippen LogP contribution in [0.1, 0.15) is 0 Å². The molecule has 0 saturated carbocycles. The molecule has 8 heavy (non-hydrogen) atoms. The van der Waals surface area contributed by atoms with Gasteiger partial charge in [0.15, 0.2) is 5.16 Å². The van der Waals surface area contributed by atoms with Gasteiger partial charge in [-0.1, -0.05) is 12.2 Å². The summed E-state index contributed by atoms with van der Waals surface area (Å²) < 4.78 is 1.57. The Labute approximate surface area is 56.7 Å². The van der Waals surface area contributed by atoms with Gasteiger partial charge in [0.1, 0.15) is 0 Å². The molecule has 0 spiro atoms. The largest absolute Gasteiger partial charge is 0.339 e. The van der Waals surface area contributed by atoms with Crippen molar-refractivity contribution in [1.29, 1.82) is 0 Å². The molecule has 0 fully saturated rings. The number of imidazole rings is 1. The lowest BCUT2D eigenvalue weighted by molar-refractivity contribution is 1.07. The van der Waals surface area contributed by atoms with Gasteiger partial charge in [-0.25, -0.2) is 4.98 Å². The minimum absolute atomic E-state index is 0.847. The van der Waals surface area contributed by atoms with Gasteiger partial charge in [0, 0.05) is 17.1 Å². The van der Waals surface area contributed by atoms with Crippen LogP contribution in [0.25, 0.3) is 0 Å². The number of aromatic amines is 1. The van der Waals surface area contributed by atoms with Gasteiger partial charge in [-0.2, -0.15) is 0 Å². The van der Waals surface area contributed by atoms with E-state index in [1.165, 1.54) is 11.8 Å². The molecule has 42 valence electrons. The summed E-state index contributed by atoms with van der Waals surface area (Å²) in [6.45, 7) is 0. The van der Waals surface area contributed by atoms with Crippen molar-refractivity contribution in [2.24, 2.45) is 0 Å². The normalized spacial score (nSPS) is 9.00. The zero-order valence-corrected chi connectivity index (χ0v) is 5.63. The third-order valence-electron chi connectivity index (χ3n) is 0.633. The molecule has 0 atom stereocenters. The first-order chi connectivity index (χ1) is 3.93. The van der Waals surface area contributed by atoms with Crippen molar-refractivity contribution in [3.8, 4) is 0 Å². The van der Waals surface area contributed by atoms with Gasteiger partial charge in [0.2, 0.25) is 0 Å². The molecule has 0 unspecified atom stereocenters. The van der Waals surface area contributed by atoms with Crippen molar-refractivity contribution in [3.05, 3.63) is 12.4 Å². The van der Waals surface area contributed by atoms with Crippen LogP contribution in [0.15, 0.2) is 17.6 Å². The summed E-state index contributed by atoms with van der Waals surface area (Å²) in [4.78, 5) is 6.81. The van der Waals surface area contributed by atoms with E-state index in [9.17, 15) is 0 Å². The predicted molar refractivity (Wildman–Crippen MR) is 38.1 cm³/mol. The molecular weight excluding hydrogens is 140 g/mol. The lowest BCUT2D eigenvalue weighted by Crippen LogP contribution is -1.68. The zero-order chi connectivity index (χ0) is 5.82. The smallest absolute Gasteiger partial charge is 0.170 e. The predicted octanol–water partition coefficient (Wildman–Crippen LogP) is 1.46. The molecule has 2 nitrogen and oxygen atoms in total. The summed E-state index contributed by atoms with van der Waals surface area (Å²) in [5, 5.41) is 0.847. The Morgan fingerprint density at radius 2 is 2.75 bits per heavy atom. The molecule has 4 heteroatoms. The van der Waals surface area contributed by atoms with Crippen molar-refractivity contribution in [1.82, 2.24) is 9.97 Å². The highest BCUT2D eigenvalue weighted by Gasteiger charge is 1.86. The van der Waals surface area contributed by atoms with Crippen molar-refractivity contribution >= 4 is 28.7 Å². The first-order valence-corrected chi connectivity index (χ1v) is 3.38. The molecule has 1 aromatic rings. The fourth-order valence-corrected chi connectivity index (χ4v) is 0.983. The van der Waals surface area contributed by atoms with E-state index >= 15 is 0 Å². The SMILES string of the molecule is S=CSc1ncc[nH]1. The molecule has 0 aliphatic carbocycles. The molecule has 1 rings (SSSR count). The lowest BCUT2D eigenvalue weighted by Gasteiger charge is -1.80. The van der Waals surface area contributed by atoms with Crippen LogP contribution >= 0.6 is 24.0 Å². The average Bonchev–Trinajstić information content (AvgIpc) is 2.19. The first kappa shape index (κ1) is 5.78. The van der Waals surface area contributed by atoms with Crippen LogP contribution < -0.4 is 0 Å². The Morgan fingerprint density at radius 1 is 1.88 bits per heavy atom. The lowest BCUT2D eigenvalue weighted by atomic mass is 11.0. The number of nitrogens with zero attached hydrogens (tertiary/aromatic N) is 1. The fraction of sp³-hybridized carbons (Fsp3) is 0. The van der Waals surface area contributed by atoms with Crippen molar-refractivity contribution in [2.75, 3.05) is 0 Å². The highest BCUT2D eigenvalue weighted by molar-refractivity contribution is 8.20. The summed E-state index contributed by atoms with van der Waals surface area (Å²) in [6, 6.07) is 0. The van der Waals surface area contributed by atoms with Crippen molar-refractivity contribution in [3.63, 3.8) is 0 Å². The number of thioether (sulfide) groups is 1. The number of hydrogen-bond acceptors (Lipinski definition) is 3. The first-order valence-electron chi connectivity index (χ1n) is 2.03. The van der Waals surface area contributed by atoms with Gasteiger partial charge in [0.25, 0.3) is 0 Å². The van der Waals surface area contributed by atoms with Crippen LogP contribution in [-0.2, 0) is 0 Å². The Morgan fingerprint density at radius 3 is 3.25 bits per heavy atom. The number of aromatic nitrogens is 2. The van der Waals surface area contributed by atoms with Crippen LogP contribution in [0.5, 0.6) is 0 Å². The number of thiocarbonyl (C=S) groups is 1. The molecule has 0 aromatic carbocycles. The molecule has 0 saturated heterocycles. The zero-order valence-electron chi connectivity index (χ0n) is 4.00. The fourth-order valence-electron chi connectivity index (χ4n) is 0.361. The average molecular weight is 144 g/mol. The van der Waals surface area contributed by atoms with Gasteiger partial charge in [-0.05, 0) is 11.8 Å². The van der Waals surface area contributed by atoms with Gasteiger partial charge < -0.3 is 4.98 Å². The second-order valence-corrected chi connectivity index (χ2v) is 2.50. The number of H-pyrrole nitrogens is 1. The Hall–Kier alpha value is -0.350. The summed E-state index contributed by atoms with van der Waals surface area (Å²) in [6.07, 6.45) is 3.46. The second kappa shape index (κ2) is 2.84. The third kappa shape index (κ3) is 1.31. The van der Waals surface area contributed by atoms with Gasteiger partial charge in [-0.3, -0.25) is 0 Å². The van der Waals surface area contributed by atoms with Crippen LogP contribution in [0.4, 0.5) is 0 Å². The Balaban J connectivity index is 2.62. The van der Waals surface area contributed by atoms with Crippen molar-refractivity contribution < 1.29 is 0 Å². The van der Waals surface area contributed by atoms with E-state index in [1.807, 2.05) is 0 Å². The molecular formula is C4H4N2S2. The second-order valence-electron chi connectivity index (χ2n) is 1.11. The monoisotopic (exact) mass is 144 g/mol. The summed E-state index contributed by atoms with van der Waals surface area (Å²) in [5.74, 6) is 0. The molecule has 0 radical (unpaired) electrons. The maximum Gasteiger partial charge on any atom is 0.170 e. The van der Waals surface area contributed by atoms with Crippen LogP contribution in [0, 0.1) is 0 Å². The van der Waals surface area contributed by atoms with E-state index < -0.39 is 0 Å². The van der Waals surface area contributed by atoms with Gasteiger partial charge >= 0.3 is 0 Å². The van der Waals surface area contributed by atoms with E-state index in [0.29, 0.717) is 0 Å². The summed E-state index contributed by atoms with van der Waals surface area (Å²) in [7, 11) is 0. The van der Waals surface area contributed by atoms with E-state index in [2.05, 4.69) is 22.2 Å². The number of hydrogen-bond donors (Lipinski definition) is 1. The molecule has 0 aliphatic rings. The molecule has 1 N–H and O–H groups in total. The Kier molecular flexibility index (Phi) is 2.05. The molecule has 0 aliphatic heterocycles. The maximum absolute atomic E-state index is 4.58. The van der Waals surface area contributed by atoms with Crippen molar-refractivity contribution in [2.45, 2.75) is 5.16 Å². The number of rotatable bonds is 2. The quantitative estimate of drug-likeness (QED) is 0.503. The molecule has 1 heterocycles. The van der Waals surface area contributed by atoms with E-state index in [4.69, 9.17) is 0 Å². The van der Waals surface area contributed by atoms with Gasteiger partial charge in [0.05, 0.1) is 0 Å². The van der Waals surface area contributed by atoms with Gasteiger partial charge in [-0.15, -0.1) is 0 Å². The molecule has 0 bridgehead atoms. The summed E-state index contributed by atoms with van der Waals surface area (Å²) >= 11 is 5.98. The standard InChI is InChI=1S/C4H4N2S2/c7-3-8-4-5-1-2-6-4/h1-3H,(H,5,6). The minimum atomic E-state index is 0.847. The molecule has 0 amide bonds. The van der Waals surface area contributed by atoms with Crippen LogP contribution in [0.2, 0.25) is 0 Å². The summed E-state index contributed by atoms with van der Waals surface area (Å²) in [5.41, 5.74) is 0. The van der Waals surface area contributed by atoms with Crippen LogP contribution in [-0.4, -0.2) is 14.7 Å². The topological polar surface area (TPSA) is 28.7 Å². The maximum atomic E-state index is 4.58. The third-order valence-corrected chi connectivity index (χ3v) is 1.46. The van der Waals surface area contributed by atoms with E-state index in [-0.39, 0.29) is 0 Å².